The Morgan fingerprint density at radius 2 is 1.11 bits per heavy atom. The molecule has 0 aromatic heterocycles. The van der Waals surface area contributed by atoms with E-state index in [0.717, 1.165) is 5.69 Å². The van der Waals surface area contributed by atoms with Crippen molar-refractivity contribution >= 4 is 11.4 Å². The molecule has 2 N–H and O–H groups in total. The molecule has 19 heavy (non-hydrogen) atoms. The number of rotatable bonds is 1. The van der Waals surface area contributed by atoms with E-state index in [9.17, 15) is 4.91 Å². The van der Waals surface area contributed by atoms with Crippen molar-refractivity contribution in [2.45, 2.75) is 27.7 Å². The Balaban J connectivity index is 0. The summed E-state index contributed by atoms with van der Waals surface area (Å²) < 4.78 is 0. The number of hydrogen-bond donors (Lipinski definition) is 1. The van der Waals surface area contributed by atoms with E-state index in [4.69, 9.17) is 5.73 Å². The van der Waals surface area contributed by atoms with Crippen LogP contribution in [0.2, 0.25) is 0 Å². The molecule has 0 amide bonds. The Morgan fingerprint density at radius 3 is 1.32 bits per heavy atom. The first-order valence-electron chi connectivity index (χ1n) is 6.52. The summed E-state index contributed by atoms with van der Waals surface area (Å²) in [5.74, 6) is 0. The normalized spacial score (nSPS) is 7.37. The number of nitrogens with two attached hydrogens (primary N) is 1. The molecule has 0 fully saturated rings. The van der Waals surface area contributed by atoms with E-state index in [2.05, 4.69) is 5.18 Å². The fourth-order valence-corrected chi connectivity index (χ4v) is 0.942. The first-order valence-corrected chi connectivity index (χ1v) is 6.52. The fourth-order valence-electron chi connectivity index (χ4n) is 0.942. The lowest BCUT2D eigenvalue weighted by atomic mass is 10.3. The van der Waals surface area contributed by atoms with Crippen LogP contribution >= 0.6 is 0 Å². The zero-order chi connectivity index (χ0) is 14.9. The molecule has 0 aliphatic heterocycles. The molecule has 2 aromatic carbocycles. The van der Waals surface area contributed by atoms with Gasteiger partial charge in [-0.3, -0.25) is 0 Å². The van der Waals surface area contributed by atoms with E-state index in [0.29, 0.717) is 5.69 Å². The Kier molecular flexibility index (Phi) is 16.0. The van der Waals surface area contributed by atoms with Gasteiger partial charge in [0.15, 0.2) is 0 Å². The molecule has 0 radical (unpaired) electrons. The Labute approximate surface area is 116 Å². The highest BCUT2D eigenvalue weighted by atomic mass is 16.3. The first kappa shape index (κ1) is 19.2. The van der Waals surface area contributed by atoms with Crippen molar-refractivity contribution < 1.29 is 0 Å². The van der Waals surface area contributed by atoms with Crippen LogP contribution in [0.3, 0.4) is 0 Å². The number of para-hydroxylation sites is 1. The van der Waals surface area contributed by atoms with Crippen LogP contribution in [0.15, 0.2) is 65.8 Å². The molecule has 3 heteroatoms. The molecule has 0 heterocycles. The lowest BCUT2D eigenvalue weighted by Gasteiger charge is -1.83. The van der Waals surface area contributed by atoms with Gasteiger partial charge in [-0.2, -0.15) is 0 Å². The Hall–Kier alpha value is -2.16. The minimum absolute atomic E-state index is 0.479. The Bertz CT molecular complexity index is 388. The third kappa shape index (κ3) is 12.1. The molecule has 0 bridgehead atoms. The first-order chi connectivity index (χ1) is 9.33. The molecular weight excluding hydrogens is 236 g/mol. The zero-order valence-electron chi connectivity index (χ0n) is 12.2. The molecule has 0 aliphatic carbocycles. The summed E-state index contributed by atoms with van der Waals surface area (Å²) in [7, 11) is 0. The number of nitroso groups, excluding NO2 is 1. The topological polar surface area (TPSA) is 55.5 Å². The van der Waals surface area contributed by atoms with Crippen molar-refractivity contribution in [1.82, 2.24) is 0 Å². The van der Waals surface area contributed by atoms with Crippen LogP contribution in [0.4, 0.5) is 11.4 Å². The maximum absolute atomic E-state index is 9.76. The Morgan fingerprint density at radius 1 is 0.737 bits per heavy atom. The number of benzene rings is 2. The highest BCUT2D eigenvalue weighted by Crippen LogP contribution is 2.07. The van der Waals surface area contributed by atoms with E-state index >= 15 is 0 Å². The summed E-state index contributed by atoms with van der Waals surface area (Å²) in [5, 5.41) is 2.72. The van der Waals surface area contributed by atoms with Crippen LogP contribution in [-0.4, -0.2) is 0 Å². The molecule has 0 atom stereocenters. The van der Waals surface area contributed by atoms with E-state index in [1.165, 1.54) is 0 Å². The third-order valence-electron chi connectivity index (χ3n) is 1.66. The highest BCUT2D eigenvalue weighted by Gasteiger charge is 1.81. The number of anilines is 1. The van der Waals surface area contributed by atoms with Crippen LogP contribution in [0.5, 0.6) is 0 Å². The SMILES string of the molecule is CC.CC.Nc1ccccc1.O=Nc1ccccc1. The molecule has 0 unspecified atom stereocenters. The largest absolute Gasteiger partial charge is 0.399 e. The molecule has 0 aliphatic rings. The number of nitrogen functional groups attached to an aromatic ring is 1. The minimum Gasteiger partial charge on any atom is -0.399 e. The van der Waals surface area contributed by atoms with Gasteiger partial charge < -0.3 is 5.73 Å². The monoisotopic (exact) mass is 260 g/mol. The second-order valence-corrected chi connectivity index (χ2v) is 2.84. The minimum atomic E-state index is 0.479. The summed E-state index contributed by atoms with van der Waals surface area (Å²) in [4.78, 5) is 9.76. The molecule has 104 valence electrons. The van der Waals surface area contributed by atoms with Crippen molar-refractivity contribution in [2.75, 3.05) is 5.73 Å². The maximum atomic E-state index is 9.76. The molecule has 2 rings (SSSR count). The average molecular weight is 260 g/mol. The molecule has 0 spiro atoms. The van der Waals surface area contributed by atoms with Crippen molar-refractivity contribution in [3.05, 3.63) is 65.6 Å². The van der Waals surface area contributed by atoms with Crippen LogP contribution in [0, 0.1) is 4.91 Å². The fraction of sp³-hybridized carbons (Fsp3) is 0.250. The van der Waals surface area contributed by atoms with Crippen molar-refractivity contribution in [2.24, 2.45) is 5.18 Å². The van der Waals surface area contributed by atoms with Gasteiger partial charge in [-0.05, 0) is 29.4 Å². The van der Waals surface area contributed by atoms with Gasteiger partial charge in [0.1, 0.15) is 5.69 Å². The van der Waals surface area contributed by atoms with E-state index in [-0.39, 0.29) is 0 Å². The van der Waals surface area contributed by atoms with Gasteiger partial charge in [-0.25, -0.2) is 0 Å². The van der Waals surface area contributed by atoms with Gasteiger partial charge in [0.05, 0.1) is 0 Å². The van der Waals surface area contributed by atoms with Gasteiger partial charge in [0.2, 0.25) is 0 Å². The summed E-state index contributed by atoms with van der Waals surface area (Å²) in [6.07, 6.45) is 0. The summed E-state index contributed by atoms with van der Waals surface area (Å²) in [5.41, 5.74) is 6.66. The summed E-state index contributed by atoms with van der Waals surface area (Å²) in [6.45, 7) is 8.00. The molecule has 0 saturated carbocycles. The standard InChI is InChI=1S/C6H5NO.C6H7N.2C2H6/c8-7-6-4-2-1-3-5-6;7-6-4-2-1-3-5-6;2*1-2/h1-5H;1-5H,7H2;2*1-2H3. The second kappa shape index (κ2) is 15.8. The molecule has 3 nitrogen and oxygen atoms in total. The van der Waals surface area contributed by atoms with Crippen LogP contribution in [-0.2, 0) is 0 Å². The number of nitrogens with zero attached hydrogens (tertiary/aromatic N) is 1. The van der Waals surface area contributed by atoms with Gasteiger partial charge in [0.25, 0.3) is 0 Å². The molecule has 0 saturated heterocycles. The van der Waals surface area contributed by atoms with E-state index in [1.54, 1.807) is 24.3 Å². The van der Waals surface area contributed by atoms with Crippen LogP contribution in [0.25, 0.3) is 0 Å². The van der Waals surface area contributed by atoms with Crippen LogP contribution in [0.1, 0.15) is 27.7 Å². The van der Waals surface area contributed by atoms with Crippen molar-refractivity contribution in [3.63, 3.8) is 0 Å². The van der Waals surface area contributed by atoms with Gasteiger partial charge in [-0.1, -0.05) is 64.1 Å². The van der Waals surface area contributed by atoms with Gasteiger partial charge >= 0.3 is 0 Å². The highest BCUT2D eigenvalue weighted by molar-refractivity contribution is 5.36. The predicted molar refractivity (Wildman–Crippen MR) is 85.4 cm³/mol. The third-order valence-corrected chi connectivity index (χ3v) is 1.66. The maximum Gasteiger partial charge on any atom is 0.107 e. The van der Waals surface area contributed by atoms with Crippen molar-refractivity contribution in [1.29, 1.82) is 0 Å². The molecule has 2 aromatic rings. The van der Waals surface area contributed by atoms with Crippen molar-refractivity contribution in [3.8, 4) is 0 Å². The summed E-state index contributed by atoms with van der Waals surface area (Å²) in [6, 6.07) is 18.2. The lowest BCUT2D eigenvalue weighted by Crippen LogP contribution is -1.79. The van der Waals surface area contributed by atoms with E-state index < -0.39 is 0 Å². The zero-order valence-corrected chi connectivity index (χ0v) is 12.2. The lowest BCUT2D eigenvalue weighted by molar-refractivity contribution is 1.50. The summed E-state index contributed by atoms with van der Waals surface area (Å²) >= 11 is 0. The predicted octanol–water partition coefficient (Wildman–Crippen LogP) is 5.41. The smallest absolute Gasteiger partial charge is 0.107 e. The van der Waals surface area contributed by atoms with Crippen LogP contribution < -0.4 is 5.73 Å². The van der Waals surface area contributed by atoms with E-state index in [1.807, 2.05) is 64.1 Å². The average Bonchev–Trinajstić information content (AvgIpc) is 2.53. The van der Waals surface area contributed by atoms with Gasteiger partial charge in [0, 0.05) is 5.69 Å². The van der Waals surface area contributed by atoms with Gasteiger partial charge in [-0.15, -0.1) is 4.91 Å². The second-order valence-electron chi connectivity index (χ2n) is 2.84. The molecular formula is C16H24N2O. The quantitative estimate of drug-likeness (QED) is 0.551. The number of hydrogen-bond acceptors (Lipinski definition) is 3.